The maximum atomic E-state index is 12.0. The molecule has 2 aromatic heterocycles. The van der Waals surface area contributed by atoms with Gasteiger partial charge in [0.25, 0.3) is 5.56 Å². The topological polar surface area (TPSA) is 55.6 Å². The largest absolute Gasteiger partial charge is 0.495 e. The summed E-state index contributed by atoms with van der Waals surface area (Å²) in [6.45, 7) is 0.459. The van der Waals surface area contributed by atoms with Crippen LogP contribution in [-0.4, -0.2) is 16.5 Å². The molecule has 0 bridgehead atoms. The monoisotopic (exact) mass is 281 g/mol. The van der Waals surface area contributed by atoms with E-state index in [1.54, 1.807) is 13.3 Å². The van der Waals surface area contributed by atoms with Gasteiger partial charge in [0.15, 0.2) is 0 Å². The van der Waals surface area contributed by atoms with E-state index in [0.717, 1.165) is 11.4 Å². The number of anilines is 1. The second-order valence-corrected chi connectivity index (χ2v) is 4.57. The molecule has 0 amide bonds. The molecule has 0 atom stereocenters. The molecular formula is C16H15N3O2. The quantitative estimate of drug-likeness (QED) is 0.797. The van der Waals surface area contributed by atoms with Crippen LogP contribution in [0.1, 0.15) is 5.69 Å². The fraction of sp³-hybridized carbons (Fsp3) is 0.125. The van der Waals surface area contributed by atoms with Crippen LogP contribution >= 0.6 is 0 Å². The summed E-state index contributed by atoms with van der Waals surface area (Å²) in [4.78, 5) is 16.5. The minimum absolute atomic E-state index is 0.0857. The van der Waals surface area contributed by atoms with E-state index in [9.17, 15) is 4.79 Å². The Hall–Kier alpha value is -2.82. The number of aromatic nitrogens is 2. The molecule has 1 aromatic carbocycles. The molecule has 0 spiro atoms. The zero-order valence-electron chi connectivity index (χ0n) is 11.6. The molecular weight excluding hydrogens is 266 g/mol. The zero-order chi connectivity index (χ0) is 14.7. The van der Waals surface area contributed by atoms with Gasteiger partial charge in [-0.1, -0.05) is 18.2 Å². The number of hydrogen-bond acceptors (Lipinski definition) is 4. The number of fused-ring (bicyclic) bond motifs is 1. The van der Waals surface area contributed by atoms with Crippen molar-refractivity contribution in [3.05, 3.63) is 70.8 Å². The SMILES string of the molecule is COc1ccccc1NCc1cc(=O)n2ccccc2n1. The van der Waals surface area contributed by atoms with Gasteiger partial charge in [-0.15, -0.1) is 0 Å². The molecule has 3 rings (SSSR count). The number of nitrogens with zero attached hydrogens (tertiary/aromatic N) is 2. The smallest absolute Gasteiger partial charge is 0.258 e. The molecule has 0 saturated carbocycles. The Morgan fingerprint density at radius 3 is 2.86 bits per heavy atom. The van der Waals surface area contributed by atoms with E-state index in [2.05, 4.69) is 10.3 Å². The molecule has 5 heteroatoms. The zero-order valence-corrected chi connectivity index (χ0v) is 11.6. The number of nitrogens with one attached hydrogen (secondary N) is 1. The van der Waals surface area contributed by atoms with Crippen LogP contribution in [0.2, 0.25) is 0 Å². The standard InChI is InChI=1S/C16H15N3O2/c1-21-14-7-3-2-6-13(14)17-11-12-10-16(20)19-9-5-4-8-15(19)18-12/h2-10,17H,11H2,1H3. The van der Waals surface area contributed by atoms with Crippen LogP contribution in [0.3, 0.4) is 0 Å². The normalized spacial score (nSPS) is 10.5. The van der Waals surface area contributed by atoms with E-state index in [4.69, 9.17) is 4.74 Å². The van der Waals surface area contributed by atoms with Gasteiger partial charge in [0.1, 0.15) is 11.4 Å². The number of methoxy groups -OCH3 is 1. The number of rotatable bonds is 4. The number of hydrogen-bond donors (Lipinski definition) is 1. The minimum Gasteiger partial charge on any atom is -0.495 e. The third-order valence-electron chi connectivity index (χ3n) is 3.19. The summed E-state index contributed by atoms with van der Waals surface area (Å²) in [5, 5.41) is 3.24. The van der Waals surface area contributed by atoms with Crippen molar-refractivity contribution in [3.63, 3.8) is 0 Å². The maximum Gasteiger partial charge on any atom is 0.258 e. The Morgan fingerprint density at radius 2 is 2.00 bits per heavy atom. The van der Waals surface area contributed by atoms with Crippen molar-refractivity contribution in [1.29, 1.82) is 0 Å². The molecule has 0 aliphatic carbocycles. The van der Waals surface area contributed by atoms with Crippen molar-refractivity contribution in [3.8, 4) is 5.75 Å². The van der Waals surface area contributed by atoms with Crippen LogP contribution in [0, 0.1) is 0 Å². The highest BCUT2D eigenvalue weighted by molar-refractivity contribution is 5.56. The van der Waals surface area contributed by atoms with Crippen LogP contribution in [0.25, 0.3) is 5.65 Å². The van der Waals surface area contributed by atoms with Crippen molar-refractivity contribution in [2.24, 2.45) is 0 Å². The Morgan fingerprint density at radius 1 is 1.19 bits per heavy atom. The summed E-state index contributed by atoms with van der Waals surface area (Å²) >= 11 is 0. The molecule has 0 saturated heterocycles. The Bertz CT molecular complexity index is 827. The fourth-order valence-electron chi connectivity index (χ4n) is 2.17. The predicted molar refractivity (Wildman–Crippen MR) is 81.8 cm³/mol. The lowest BCUT2D eigenvalue weighted by molar-refractivity contribution is 0.416. The van der Waals surface area contributed by atoms with Gasteiger partial charge < -0.3 is 10.1 Å². The summed E-state index contributed by atoms with van der Waals surface area (Å²) in [5.74, 6) is 0.759. The van der Waals surface area contributed by atoms with Crippen molar-refractivity contribution in [2.45, 2.75) is 6.54 Å². The van der Waals surface area contributed by atoms with Gasteiger partial charge in [-0.25, -0.2) is 4.98 Å². The van der Waals surface area contributed by atoms with Crippen molar-refractivity contribution >= 4 is 11.3 Å². The van der Waals surface area contributed by atoms with Gasteiger partial charge in [-0.2, -0.15) is 0 Å². The molecule has 1 N–H and O–H groups in total. The van der Waals surface area contributed by atoms with E-state index in [0.29, 0.717) is 17.9 Å². The van der Waals surface area contributed by atoms with Gasteiger partial charge in [-0.3, -0.25) is 9.20 Å². The number of pyridine rings is 1. The van der Waals surface area contributed by atoms with Crippen molar-refractivity contribution in [1.82, 2.24) is 9.38 Å². The van der Waals surface area contributed by atoms with Crippen LogP contribution in [0.5, 0.6) is 5.75 Å². The Kier molecular flexibility index (Phi) is 3.55. The minimum atomic E-state index is -0.0857. The first-order valence-electron chi connectivity index (χ1n) is 6.62. The highest BCUT2D eigenvalue weighted by Gasteiger charge is 2.04. The summed E-state index contributed by atoms with van der Waals surface area (Å²) < 4.78 is 6.80. The molecule has 5 nitrogen and oxygen atoms in total. The number of para-hydroxylation sites is 2. The van der Waals surface area contributed by atoms with E-state index >= 15 is 0 Å². The summed E-state index contributed by atoms with van der Waals surface area (Å²) in [6.07, 6.45) is 1.71. The number of ether oxygens (including phenoxy) is 1. The third kappa shape index (κ3) is 2.72. The van der Waals surface area contributed by atoms with Gasteiger partial charge in [-0.05, 0) is 24.3 Å². The first kappa shape index (κ1) is 13.2. The molecule has 0 fully saturated rings. The first-order valence-corrected chi connectivity index (χ1v) is 6.62. The Labute approximate surface area is 121 Å². The van der Waals surface area contributed by atoms with E-state index in [1.165, 1.54) is 10.5 Å². The van der Waals surface area contributed by atoms with Gasteiger partial charge >= 0.3 is 0 Å². The second kappa shape index (κ2) is 5.66. The average molecular weight is 281 g/mol. The average Bonchev–Trinajstić information content (AvgIpc) is 2.53. The molecule has 0 unspecified atom stereocenters. The van der Waals surface area contributed by atoms with Crippen molar-refractivity contribution < 1.29 is 4.74 Å². The van der Waals surface area contributed by atoms with E-state index in [1.807, 2.05) is 42.5 Å². The maximum absolute atomic E-state index is 12.0. The number of benzene rings is 1. The lowest BCUT2D eigenvalue weighted by Gasteiger charge is -2.10. The summed E-state index contributed by atoms with van der Waals surface area (Å²) in [5.41, 5.74) is 2.12. The highest BCUT2D eigenvalue weighted by Crippen LogP contribution is 2.23. The second-order valence-electron chi connectivity index (χ2n) is 4.57. The lowest BCUT2D eigenvalue weighted by atomic mass is 10.3. The van der Waals surface area contributed by atoms with Gasteiger partial charge in [0.2, 0.25) is 0 Å². The molecule has 106 valence electrons. The molecule has 0 aliphatic rings. The first-order chi connectivity index (χ1) is 10.3. The molecule has 2 heterocycles. The molecule has 0 aliphatic heterocycles. The molecule has 3 aromatic rings. The highest BCUT2D eigenvalue weighted by atomic mass is 16.5. The van der Waals surface area contributed by atoms with Crippen molar-refractivity contribution in [2.75, 3.05) is 12.4 Å². The van der Waals surface area contributed by atoms with Crippen LogP contribution < -0.4 is 15.6 Å². The van der Waals surface area contributed by atoms with Crippen LogP contribution in [-0.2, 0) is 6.54 Å². The van der Waals surface area contributed by atoms with E-state index < -0.39 is 0 Å². The van der Waals surface area contributed by atoms with Gasteiger partial charge in [0, 0.05) is 12.3 Å². The van der Waals surface area contributed by atoms with Crippen LogP contribution in [0.4, 0.5) is 5.69 Å². The van der Waals surface area contributed by atoms with E-state index in [-0.39, 0.29) is 5.56 Å². The third-order valence-corrected chi connectivity index (χ3v) is 3.19. The van der Waals surface area contributed by atoms with Crippen LogP contribution in [0.15, 0.2) is 59.5 Å². The summed E-state index contributed by atoms with van der Waals surface area (Å²) in [6, 6.07) is 14.7. The van der Waals surface area contributed by atoms with Gasteiger partial charge in [0.05, 0.1) is 25.0 Å². The molecule has 0 radical (unpaired) electrons. The lowest BCUT2D eigenvalue weighted by Crippen LogP contribution is -2.16. The Balaban J connectivity index is 1.87. The fourth-order valence-corrected chi connectivity index (χ4v) is 2.17. The molecule has 21 heavy (non-hydrogen) atoms. The predicted octanol–water partition coefficient (Wildman–Crippen LogP) is 2.32. The summed E-state index contributed by atoms with van der Waals surface area (Å²) in [7, 11) is 1.63.